The number of amides is 1. The topological polar surface area (TPSA) is 111 Å². The highest BCUT2D eigenvalue weighted by Gasteiger charge is 2.27. The lowest BCUT2D eigenvalue weighted by atomic mass is 10.1. The average Bonchev–Trinajstić information content (AvgIpc) is 3.60. The van der Waals surface area contributed by atoms with Crippen molar-refractivity contribution in [3.05, 3.63) is 53.3 Å². The summed E-state index contributed by atoms with van der Waals surface area (Å²) in [6.07, 6.45) is 10.3. The summed E-state index contributed by atoms with van der Waals surface area (Å²) >= 11 is 3.25. The molecule has 0 unspecified atom stereocenters. The number of carbonyl (C=O) groups excluding carboxylic acids is 1. The molecule has 1 aliphatic carbocycles. The highest BCUT2D eigenvalue weighted by atomic mass is 32.2. The number of piperazine rings is 1. The number of nitrogens with one attached hydrogen (secondary N) is 2. The summed E-state index contributed by atoms with van der Waals surface area (Å²) in [7, 11) is 0. The lowest BCUT2D eigenvalue weighted by Gasteiger charge is -2.34. The SMILES string of the molecule is C=N/C(=N\C=C(/C)SC)N[C@H]1CC[C@H](Nc2nc3ccc(C(=O)N4CCN(c5ncccn5)CC4)cc3s2)C1. The maximum Gasteiger partial charge on any atom is 0.254 e. The number of nitrogens with zero attached hydrogens (tertiary/aromatic N) is 7. The van der Waals surface area contributed by atoms with Gasteiger partial charge in [0.15, 0.2) is 5.13 Å². The average molecular weight is 564 g/mol. The Balaban J connectivity index is 1.16. The van der Waals surface area contributed by atoms with Gasteiger partial charge >= 0.3 is 0 Å². The fourth-order valence-corrected chi connectivity index (χ4v) is 5.94. The van der Waals surface area contributed by atoms with Gasteiger partial charge in [0.2, 0.25) is 11.9 Å². The van der Waals surface area contributed by atoms with Crippen LogP contribution in [-0.2, 0) is 0 Å². The minimum absolute atomic E-state index is 0.0500. The van der Waals surface area contributed by atoms with Crippen molar-refractivity contribution >= 4 is 63.0 Å². The van der Waals surface area contributed by atoms with Crippen molar-refractivity contribution in [1.82, 2.24) is 25.2 Å². The molecule has 204 valence electrons. The fraction of sp³-hybridized carbons (Fsp3) is 0.407. The van der Waals surface area contributed by atoms with Gasteiger partial charge in [-0.3, -0.25) is 4.79 Å². The van der Waals surface area contributed by atoms with Gasteiger partial charge in [-0.15, -0.1) is 11.8 Å². The van der Waals surface area contributed by atoms with E-state index in [0.29, 0.717) is 49.7 Å². The molecule has 1 amide bonds. The summed E-state index contributed by atoms with van der Waals surface area (Å²) in [6, 6.07) is 8.19. The van der Waals surface area contributed by atoms with E-state index in [0.717, 1.165) is 39.5 Å². The number of allylic oxidation sites excluding steroid dienone is 1. The summed E-state index contributed by atoms with van der Waals surface area (Å²) in [4.78, 5) is 40.2. The van der Waals surface area contributed by atoms with Crippen molar-refractivity contribution < 1.29 is 4.79 Å². The number of thiazole rings is 1. The van der Waals surface area contributed by atoms with Gasteiger partial charge in [-0.1, -0.05) is 11.3 Å². The number of fused-ring (bicyclic) bond motifs is 1. The first-order chi connectivity index (χ1) is 19.0. The van der Waals surface area contributed by atoms with Crippen LogP contribution in [0, 0.1) is 0 Å². The third-order valence-electron chi connectivity index (χ3n) is 6.97. The molecule has 2 N–H and O–H groups in total. The monoisotopic (exact) mass is 563 g/mol. The van der Waals surface area contributed by atoms with Crippen LogP contribution in [0.25, 0.3) is 10.2 Å². The van der Waals surface area contributed by atoms with Crippen LogP contribution in [0.4, 0.5) is 11.1 Å². The summed E-state index contributed by atoms with van der Waals surface area (Å²) < 4.78 is 1.01. The molecule has 0 radical (unpaired) electrons. The van der Waals surface area contributed by atoms with Crippen molar-refractivity contribution in [1.29, 1.82) is 0 Å². The third-order valence-corrected chi connectivity index (χ3v) is 8.67. The zero-order valence-corrected chi connectivity index (χ0v) is 23.8. The van der Waals surface area contributed by atoms with Crippen LogP contribution in [0.3, 0.4) is 0 Å². The van der Waals surface area contributed by atoms with Crippen molar-refractivity contribution in [3.63, 3.8) is 0 Å². The molecule has 1 saturated carbocycles. The molecule has 2 aromatic heterocycles. The molecular formula is C27H33N9OS2. The number of hydrogen-bond acceptors (Lipinski definition) is 9. The van der Waals surface area contributed by atoms with Gasteiger partial charge in [0, 0.05) is 62.4 Å². The minimum Gasteiger partial charge on any atom is -0.359 e. The van der Waals surface area contributed by atoms with E-state index in [-0.39, 0.29) is 11.9 Å². The Morgan fingerprint density at radius 3 is 2.69 bits per heavy atom. The zero-order chi connectivity index (χ0) is 27.2. The third kappa shape index (κ3) is 6.74. The van der Waals surface area contributed by atoms with Crippen LogP contribution >= 0.6 is 23.1 Å². The van der Waals surface area contributed by atoms with Gasteiger partial charge in [0.1, 0.15) is 0 Å². The molecule has 0 spiro atoms. The largest absolute Gasteiger partial charge is 0.359 e. The Kier molecular flexibility index (Phi) is 8.72. The van der Waals surface area contributed by atoms with Gasteiger partial charge in [-0.05, 0) is 68.3 Å². The summed E-state index contributed by atoms with van der Waals surface area (Å²) in [5.41, 5.74) is 1.60. The molecule has 0 bridgehead atoms. The van der Waals surface area contributed by atoms with E-state index in [1.165, 1.54) is 0 Å². The molecule has 2 aliphatic rings. The molecular weight excluding hydrogens is 530 g/mol. The fourth-order valence-electron chi connectivity index (χ4n) is 4.80. The smallest absolute Gasteiger partial charge is 0.254 e. The molecule has 2 fully saturated rings. The highest BCUT2D eigenvalue weighted by molar-refractivity contribution is 8.02. The van der Waals surface area contributed by atoms with Crippen LogP contribution in [-0.4, -0.2) is 83.0 Å². The maximum absolute atomic E-state index is 13.2. The number of aliphatic imine (C=N–C) groups is 2. The molecule has 1 saturated heterocycles. The second-order valence-corrected chi connectivity index (χ2v) is 11.7. The van der Waals surface area contributed by atoms with E-state index in [2.05, 4.69) is 42.2 Å². The van der Waals surface area contributed by atoms with Crippen LogP contribution < -0.4 is 15.5 Å². The highest BCUT2D eigenvalue weighted by Crippen LogP contribution is 2.30. The molecule has 1 aliphatic heterocycles. The molecule has 39 heavy (non-hydrogen) atoms. The Morgan fingerprint density at radius 1 is 1.18 bits per heavy atom. The number of aromatic nitrogens is 3. The second-order valence-electron chi connectivity index (χ2n) is 9.58. The molecule has 1 aromatic carbocycles. The van der Waals surface area contributed by atoms with E-state index >= 15 is 0 Å². The molecule has 3 heterocycles. The number of anilines is 2. The number of hydrogen-bond donors (Lipinski definition) is 2. The predicted molar refractivity (Wildman–Crippen MR) is 162 cm³/mol. The zero-order valence-electron chi connectivity index (χ0n) is 22.2. The first kappa shape index (κ1) is 27.1. The van der Waals surface area contributed by atoms with Crippen LogP contribution in [0.5, 0.6) is 0 Å². The number of benzene rings is 1. The van der Waals surface area contributed by atoms with E-state index in [4.69, 9.17) is 4.98 Å². The Bertz CT molecular complexity index is 1370. The van der Waals surface area contributed by atoms with Crippen molar-refractivity contribution in [2.24, 2.45) is 9.98 Å². The van der Waals surface area contributed by atoms with Crippen LogP contribution in [0.15, 0.2) is 57.7 Å². The van der Waals surface area contributed by atoms with Gasteiger partial charge in [-0.2, -0.15) is 0 Å². The number of carbonyl (C=O) groups is 1. The van der Waals surface area contributed by atoms with Crippen molar-refractivity contribution in [3.8, 4) is 0 Å². The summed E-state index contributed by atoms with van der Waals surface area (Å²) in [5, 5.41) is 7.89. The Morgan fingerprint density at radius 2 is 1.95 bits per heavy atom. The normalized spacial score (nSPS) is 20.4. The van der Waals surface area contributed by atoms with Crippen molar-refractivity contribution in [2.75, 3.05) is 42.7 Å². The molecule has 2 atom stereocenters. The lowest BCUT2D eigenvalue weighted by molar-refractivity contribution is 0.0746. The number of rotatable bonds is 7. The van der Waals surface area contributed by atoms with Gasteiger partial charge in [-0.25, -0.2) is 24.9 Å². The van der Waals surface area contributed by atoms with E-state index in [9.17, 15) is 4.79 Å². The van der Waals surface area contributed by atoms with Crippen LogP contribution in [0.1, 0.15) is 36.5 Å². The predicted octanol–water partition coefficient (Wildman–Crippen LogP) is 4.25. The Hall–Kier alpha value is -3.51. The quantitative estimate of drug-likeness (QED) is 0.324. The molecule has 10 nitrogen and oxygen atoms in total. The second kappa shape index (κ2) is 12.6. The maximum atomic E-state index is 13.2. The van der Waals surface area contributed by atoms with E-state index in [1.807, 2.05) is 48.5 Å². The Labute approximate surface area is 236 Å². The lowest BCUT2D eigenvalue weighted by Crippen LogP contribution is -2.49. The number of guanidine groups is 1. The van der Waals surface area contributed by atoms with Gasteiger partial charge < -0.3 is 20.4 Å². The summed E-state index contributed by atoms with van der Waals surface area (Å²) in [5.74, 6) is 1.32. The standard InChI is InChI=1S/C27H33N9OS2/c1-18(38-3)17-31-25(28-2)32-20-6-7-21(16-20)33-27-34-22-8-5-19(15-23(22)39-27)24(37)35-11-13-36(14-12-35)26-29-9-4-10-30-26/h4-5,8-10,15,17,20-21H,2,6-7,11-14,16H2,1,3H3,(H,31,32)(H,33,34)/b18-17+/t20-,21-/m0/s1. The molecule has 5 rings (SSSR count). The first-order valence-corrected chi connectivity index (χ1v) is 15.1. The molecule has 3 aromatic rings. The number of thioether (sulfide) groups is 1. The van der Waals surface area contributed by atoms with E-state index in [1.54, 1.807) is 35.5 Å². The van der Waals surface area contributed by atoms with Gasteiger partial charge in [0.25, 0.3) is 5.91 Å². The van der Waals surface area contributed by atoms with Crippen LogP contribution in [0.2, 0.25) is 0 Å². The summed E-state index contributed by atoms with van der Waals surface area (Å²) in [6.45, 7) is 8.38. The minimum atomic E-state index is 0.0500. The first-order valence-electron chi connectivity index (χ1n) is 13.0. The van der Waals surface area contributed by atoms with Crippen molar-refractivity contribution in [2.45, 2.75) is 38.3 Å². The van der Waals surface area contributed by atoms with Gasteiger partial charge in [0.05, 0.1) is 10.2 Å². The molecule has 12 heteroatoms. The van der Waals surface area contributed by atoms with E-state index < -0.39 is 0 Å².